The molecule has 5 nitrogen and oxygen atoms in total. The van der Waals surface area contributed by atoms with E-state index >= 15 is 0 Å². The van der Waals surface area contributed by atoms with Gasteiger partial charge in [0.1, 0.15) is 0 Å². The molecule has 0 atom stereocenters. The molecule has 2 rings (SSSR count). The molecular formula is C16H22F3N3O2. The zero-order valence-corrected chi connectivity index (χ0v) is 13.4. The van der Waals surface area contributed by atoms with Crippen molar-refractivity contribution in [1.29, 1.82) is 0 Å². The second kappa shape index (κ2) is 8.75. The Balaban J connectivity index is 1.71. The van der Waals surface area contributed by atoms with Crippen LogP contribution < -0.4 is 15.4 Å². The molecule has 2 amide bonds. The number of pyridine rings is 1. The minimum absolute atomic E-state index is 0.116. The summed E-state index contributed by atoms with van der Waals surface area (Å²) in [5.41, 5.74) is 0.620. The molecule has 1 aromatic rings. The van der Waals surface area contributed by atoms with Crippen molar-refractivity contribution >= 4 is 6.03 Å². The van der Waals surface area contributed by atoms with E-state index in [-0.39, 0.29) is 18.5 Å². The first-order chi connectivity index (χ1) is 11.4. The Bertz CT molecular complexity index is 532. The predicted octanol–water partition coefficient (Wildman–Crippen LogP) is 3.40. The highest BCUT2D eigenvalue weighted by Gasteiger charge is 2.28. The third kappa shape index (κ3) is 7.06. The van der Waals surface area contributed by atoms with E-state index in [0.29, 0.717) is 18.0 Å². The number of halogens is 3. The zero-order valence-electron chi connectivity index (χ0n) is 13.4. The molecule has 0 radical (unpaired) electrons. The fraction of sp³-hybridized carbons (Fsp3) is 0.625. The van der Waals surface area contributed by atoms with Crippen molar-refractivity contribution in [2.75, 3.05) is 13.2 Å². The number of alkyl halides is 3. The lowest BCUT2D eigenvalue weighted by atomic mass is 9.89. The van der Waals surface area contributed by atoms with E-state index < -0.39 is 12.8 Å². The van der Waals surface area contributed by atoms with Crippen LogP contribution in [0, 0.1) is 5.92 Å². The number of nitrogens with zero attached hydrogens (tertiary/aromatic N) is 1. The minimum Gasteiger partial charge on any atom is -0.468 e. The summed E-state index contributed by atoms with van der Waals surface area (Å²) in [5, 5.41) is 5.52. The zero-order chi connectivity index (χ0) is 17.4. The number of nitrogens with one attached hydrogen (secondary N) is 2. The van der Waals surface area contributed by atoms with Crippen LogP contribution in [0.2, 0.25) is 0 Å². The third-order valence-corrected chi connectivity index (χ3v) is 3.91. The minimum atomic E-state index is -4.41. The van der Waals surface area contributed by atoms with Gasteiger partial charge in [-0.15, -0.1) is 0 Å². The Labute approximate surface area is 139 Å². The molecule has 1 heterocycles. The van der Waals surface area contributed by atoms with Gasteiger partial charge in [0.2, 0.25) is 5.88 Å². The Kier molecular flexibility index (Phi) is 6.69. The molecule has 0 aromatic carbocycles. The molecule has 8 heteroatoms. The van der Waals surface area contributed by atoms with Gasteiger partial charge in [0.05, 0.1) is 0 Å². The van der Waals surface area contributed by atoms with Crippen LogP contribution in [0.1, 0.15) is 37.7 Å². The van der Waals surface area contributed by atoms with Gasteiger partial charge < -0.3 is 15.4 Å². The van der Waals surface area contributed by atoms with Gasteiger partial charge in [-0.3, -0.25) is 0 Å². The van der Waals surface area contributed by atoms with Crippen molar-refractivity contribution in [3.05, 3.63) is 23.9 Å². The maximum absolute atomic E-state index is 12.1. The lowest BCUT2D eigenvalue weighted by Crippen LogP contribution is -2.38. The average Bonchev–Trinajstić information content (AvgIpc) is 2.57. The van der Waals surface area contributed by atoms with Crippen LogP contribution in [-0.4, -0.2) is 30.3 Å². The largest absolute Gasteiger partial charge is 0.468 e. The first kappa shape index (κ1) is 18.4. The Morgan fingerprint density at radius 3 is 2.71 bits per heavy atom. The van der Waals surface area contributed by atoms with E-state index in [9.17, 15) is 18.0 Å². The fourth-order valence-corrected chi connectivity index (χ4v) is 2.67. The Morgan fingerprint density at radius 2 is 2.00 bits per heavy atom. The summed E-state index contributed by atoms with van der Waals surface area (Å²) in [7, 11) is 0. The number of hydrogen-bond acceptors (Lipinski definition) is 3. The lowest BCUT2D eigenvalue weighted by Gasteiger charge is -2.21. The quantitative estimate of drug-likeness (QED) is 0.831. The molecule has 1 aliphatic rings. The number of hydrogen-bond donors (Lipinski definition) is 2. The van der Waals surface area contributed by atoms with E-state index in [4.69, 9.17) is 0 Å². The summed E-state index contributed by atoms with van der Waals surface area (Å²) in [6.07, 6.45) is 2.92. The molecule has 1 aliphatic carbocycles. The highest BCUT2D eigenvalue weighted by atomic mass is 19.4. The molecule has 0 aliphatic heterocycles. The van der Waals surface area contributed by atoms with Gasteiger partial charge in [0, 0.05) is 25.4 Å². The maximum Gasteiger partial charge on any atom is 0.422 e. The fourth-order valence-electron chi connectivity index (χ4n) is 2.67. The number of aromatic nitrogens is 1. The normalized spacial score (nSPS) is 15.8. The van der Waals surface area contributed by atoms with E-state index in [2.05, 4.69) is 20.4 Å². The number of ether oxygens (including phenoxy) is 1. The molecule has 24 heavy (non-hydrogen) atoms. The van der Waals surface area contributed by atoms with Gasteiger partial charge in [-0.25, -0.2) is 9.78 Å². The number of urea groups is 1. The van der Waals surface area contributed by atoms with Crippen LogP contribution in [0.15, 0.2) is 18.3 Å². The molecule has 0 unspecified atom stereocenters. The van der Waals surface area contributed by atoms with Gasteiger partial charge >= 0.3 is 12.2 Å². The van der Waals surface area contributed by atoms with Crippen molar-refractivity contribution in [2.24, 2.45) is 5.92 Å². The van der Waals surface area contributed by atoms with E-state index in [1.807, 2.05) is 0 Å². The molecule has 0 spiro atoms. The van der Waals surface area contributed by atoms with Gasteiger partial charge in [0.15, 0.2) is 6.61 Å². The van der Waals surface area contributed by atoms with Crippen LogP contribution in [0.5, 0.6) is 5.88 Å². The molecule has 134 valence electrons. The van der Waals surface area contributed by atoms with Gasteiger partial charge in [-0.05, 0) is 30.4 Å². The standard InChI is InChI=1S/C16H22F3N3O2/c17-16(18,19)11-24-14-8-13(6-7-20-14)10-22-15(23)21-9-12-4-2-1-3-5-12/h6-8,12H,1-5,9-11H2,(H2,21,22,23). The first-order valence-electron chi connectivity index (χ1n) is 8.08. The summed E-state index contributed by atoms with van der Waals surface area (Å²) in [5.74, 6) is 0.419. The third-order valence-electron chi connectivity index (χ3n) is 3.91. The van der Waals surface area contributed by atoms with Crippen molar-refractivity contribution in [3.63, 3.8) is 0 Å². The number of carbonyl (C=O) groups excluding carboxylic acids is 1. The molecule has 0 bridgehead atoms. The lowest BCUT2D eigenvalue weighted by molar-refractivity contribution is -0.154. The topological polar surface area (TPSA) is 63.2 Å². The van der Waals surface area contributed by atoms with Crippen LogP contribution in [0.4, 0.5) is 18.0 Å². The van der Waals surface area contributed by atoms with E-state index in [1.165, 1.54) is 31.5 Å². The summed E-state index contributed by atoms with van der Waals surface area (Å²) >= 11 is 0. The summed E-state index contributed by atoms with van der Waals surface area (Å²) < 4.78 is 40.9. The highest BCUT2D eigenvalue weighted by Crippen LogP contribution is 2.22. The summed E-state index contributed by atoms with van der Waals surface area (Å²) in [6, 6.07) is 2.71. The van der Waals surface area contributed by atoms with E-state index in [1.54, 1.807) is 6.07 Å². The Morgan fingerprint density at radius 1 is 1.25 bits per heavy atom. The van der Waals surface area contributed by atoms with Crippen molar-refractivity contribution in [3.8, 4) is 5.88 Å². The van der Waals surface area contributed by atoms with Gasteiger partial charge in [-0.2, -0.15) is 13.2 Å². The SMILES string of the molecule is O=C(NCc1ccnc(OCC(F)(F)F)c1)NCC1CCCCC1. The number of amides is 2. The highest BCUT2D eigenvalue weighted by molar-refractivity contribution is 5.73. The molecule has 2 N–H and O–H groups in total. The summed E-state index contributed by atoms with van der Waals surface area (Å²) in [4.78, 5) is 15.5. The Hall–Kier alpha value is -1.99. The molecule has 0 saturated heterocycles. The van der Waals surface area contributed by atoms with Crippen molar-refractivity contribution in [2.45, 2.75) is 44.8 Å². The maximum atomic E-state index is 12.1. The number of rotatable bonds is 6. The van der Waals surface area contributed by atoms with E-state index in [0.717, 1.165) is 12.8 Å². The van der Waals surface area contributed by atoms with Gasteiger partial charge in [0.25, 0.3) is 0 Å². The molecule has 1 aromatic heterocycles. The smallest absolute Gasteiger partial charge is 0.422 e. The summed E-state index contributed by atoms with van der Waals surface area (Å²) in [6.45, 7) is -0.539. The van der Waals surface area contributed by atoms with Crippen LogP contribution >= 0.6 is 0 Å². The first-order valence-corrected chi connectivity index (χ1v) is 8.08. The van der Waals surface area contributed by atoms with Crippen LogP contribution in [0.25, 0.3) is 0 Å². The van der Waals surface area contributed by atoms with Crippen LogP contribution in [0.3, 0.4) is 0 Å². The molecule has 1 fully saturated rings. The second-order valence-corrected chi connectivity index (χ2v) is 5.97. The number of carbonyl (C=O) groups is 1. The molecule has 1 saturated carbocycles. The predicted molar refractivity (Wildman–Crippen MR) is 82.6 cm³/mol. The monoisotopic (exact) mass is 345 g/mol. The van der Waals surface area contributed by atoms with Crippen molar-refractivity contribution < 1.29 is 22.7 Å². The van der Waals surface area contributed by atoms with Crippen molar-refractivity contribution in [1.82, 2.24) is 15.6 Å². The average molecular weight is 345 g/mol. The van der Waals surface area contributed by atoms with Gasteiger partial charge in [-0.1, -0.05) is 19.3 Å². The molecular weight excluding hydrogens is 323 g/mol. The van der Waals surface area contributed by atoms with Crippen LogP contribution in [-0.2, 0) is 6.54 Å². The second-order valence-electron chi connectivity index (χ2n) is 5.97.